The zero-order valence-electron chi connectivity index (χ0n) is 10.4. The van der Waals surface area contributed by atoms with Gasteiger partial charge < -0.3 is 10.6 Å². The van der Waals surface area contributed by atoms with Crippen molar-refractivity contribution >= 4 is 5.91 Å². The van der Waals surface area contributed by atoms with Crippen LogP contribution in [0.15, 0.2) is 18.6 Å². The van der Waals surface area contributed by atoms with Crippen molar-refractivity contribution in [1.29, 1.82) is 0 Å². The zero-order valence-corrected chi connectivity index (χ0v) is 10.4. The maximum Gasteiger partial charge on any atom is 0.221 e. The first-order valence-electron chi connectivity index (χ1n) is 5.97. The second-order valence-electron chi connectivity index (χ2n) is 4.00. The fourth-order valence-corrected chi connectivity index (χ4v) is 1.29. The van der Waals surface area contributed by atoms with Gasteiger partial charge in [0, 0.05) is 31.7 Å². The van der Waals surface area contributed by atoms with E-state index in [9.17, 15) is 4.79 Å². The third-order valence-corrected chi connectivity index (χ3v) is 2.50. The van der Waals surface area contributed by atoms with Crippen molar-refractivity contribution < 1.29 is 4.79 Å². The highest BCUT2D eigenvalue weighted by atomic mass is 16.1. The SMILES string of the molecule is CCC(C)NC(=O)CCNCc1ccncn1. The van der Waals surface area contributed by atoms with Gasteiger partial charge in [-0.25, -0.2) is 9.97 Å². The van der Waals surface area contributed by atoms with Crippen molar-refractivity contribution in [1.82, 2.24) is 20.6 Å². The molecule has 0 fully saturated rings. The Hall–Kier alpha value is -1.49. The van der Waals surface area contributed by atoms with E-state index in [1.54, 1.807) is 6.20 Å². The quantitative estimate of drug-likeness (QED) is 0.689. The molecule has 1 unspecified atom stereocenters. The van der Waals surface area contributed by atoms with E-state index in [4.69, 9.17) is 0 Å². The average molecular weight is 236 g/mol. The molecule has 0 aromatic carbocycles. The van der Waals surface area contributed by atoms with Crippen LogP contribution in [-0.2, 0) is 11.3 Å². The highest BCUT2D eigenvalue weighted by molar-refractivity contribution is 5.76. The Bertz CT molecular complexity index is 329. The second kappa shape index (κ2) is 7.73. The molecule has 0 radical (unpaired) electrons. The van der Waals surface area contributed by atoms with Gasteiger partial charge in [-0.2, -0.15) is 0 Å². The Morgan fingerprint density at radius 3 is 3.00 bits per heavy atom. The summed E-state index contributed by atoms with van der Waals surface area (Å²) in [4.78, 5) is 19.4. The number of carbonyl (C=O) groups excluding carboxylic acids is 1. The number of hydrogen-bond acceptors (Lipinski definition) is 4. The minimum atomic E-state index is 0.0922. The van der Waals surface area contributed by atoms with E-state index in [1.165, 1.54) is 6.33 Å². The van der Waals surface area contributed by atoms with E-state index in [2.05, 4.69) is 27.5 Å². The molecule has 17 heavy (non-hydrogen) atoms. The first kappa shape index (κ1) is 13.6. The summed E-state index contributed by atoms with van der Waals surface area (Å²) in [5.74, 6) is 0.0922. The molecule has 0 saturated carbocycles. The monoisotopic (exact) mass is 236 g/mol. The van der Waals surface area contributed by atoms with Crippen molar-refractivity contribution in [2.24, 2.45) is 0 Å². The van der Waals surface area contributed by atoms with Crippen LogP contribution in [0.2, 0.25) is 0 Å². The Kier molecular flexibility index (Phi) is 6.17. The molecule has 1 atom stereocenters. The van der Waals surface area contributed by atoms with Gasteiger partial charge in [0.25, 0.3) is 0 Å². The van der Waals surface area contributed by atoms with Crippen LogP contribution >= 0.6 is 0 Å². The van der Waals surface area contributed by atoms with E-state index >= 15 is 0 Å². The molecule has 0 aliphatic heterocycles. The summed E-state index contributed by atoms with van der Waals surface area (Å²) in [7, 11) is 0. The maximum atomic E-state index is 11.4. The first-order valence-corrected chi connectivity index (χ1v) is 5.97. The van der Waals surface area contributed by atoms with Gasteiger partial charge in [0.2, 0.25) is 5.91 Å². The van der Waals surface area contributed by atoms with Crippen LogP contribution < -0.4 is 10.6 Å². The van der Waals surface area contributed by atoms with Crippen LogP contribution in [0, 0.1) is 0 Å². The number of nitrogens with one attached hydrogen (secondary N) is 2. The first-order chi connectivity index (χ1) is 8.22. The van der Waals surface area contributed by atoms with Gasteiger partial charge in [0.15, 0.2) is 0 Å². The van der Waals surface area contributed by atoms with Gasteiger partial charge in [0.05, 0.1) is 5.69 Å². The predicted molar refractivity (Wildman–Crippen MR) is 66.3 cm³/mol. The van der Waals surface area contributed by atoms with Gasteiger partial charge in [-0.05, 0) is 19.4 Å². The Morgan fingerprint density at radius 1 is 1.53 bits per heavy atom. The van der Waals surface area contributed by atoms with Crippen LogP contribution in [0.3, 0.4) is 0 Å². The minimum absolute atomic E-state index is 0.0922. The molecule has 0 spiro atoms. The number of aromatic nitrogens is 2. The van der Waals surface area contributed by atoms with Gasteiger partial charge in [-0.3, -0.25) is 4.79 Å². The fraction of sp³-hybridized carbons (Fsp3) is 0.583. The van der Waals surface area contributed by atoms with Crippen molar-refractivity contribution in [3.63, 3.8) is 0 Å². The van der Waals surface area contributed by atoms with Gasteiger partial charge in [-0.15, -0.1) is 0 Å². The second-order valence-corrected chi connectivity index (χ2v) is 4.00. The third-order valence-electron chi connectivity index (χ3n) is 2.50. The lowest BCUT2D eigenvalue weighted by molar-refractivity contribution is -0.121. The summed E-state index contributed by atoms with van der Waals surface area (Å²) in [6, 6.07) is 2.11. The molecule has 1 aromatic rings. The van der Waals surface area contributed by atoms with Crippen LogP contribution in [0.5, 0.6) is 0 Å². The van der Waals surface area contributed by atoms with E-state index in [0.29, 0.717) is 19.5 Å². The molecule has 5 nitrogen and oxygen atoms in total. The smallest absolute Gasteiger partial charge is 0.221 e. The van der Waals surface area contributed by atoms with Crippen molar-refractivity contribution in [3.8, 4) is 0 Å². The van der Waals surface area contributed by atoms with Crippen molar-refractivity contribution in [2.45, 2.75) is 39.3 Å². The maximum absolute atomic E-state index is 11.4. The standard InChI is InChI=1S/C12H20N4O/c1-3-10(2)16-12(17)5-7-13-8-11-4-6-14-9-15-11/h4,6,9-10,13H,3,5,7-8H2,1-2H3,(H,16,17). The molecule has 1 aromatic heterocycles. The molecule has 2 N–H and O–H groups in total. The summed E-state index contributed by atoms with van der Waals surface area (Å²) < 4.78 is 0. The Labute approximate surface area is 102 Å². The predicted octanol–water partition coefficient (Wildman–Crippen LogP) is 0.871. The molecule has 0 aliphatic rings. The highest BCUT2D eigenvalue weighted by Gasteiger charge is 2.04. The number of hydrogen-bond donors (Lipinski definition) is 2. The largest absolute Gasteiger partial charge is 0.354 e. The summed E-state index contributed by atoms with van der Waals surface area (Å²) in [5.41, 5.74) is 0.933. The van der Waals surface area contributed by atoms with E-state index < -0.39 is 0 Å². The van der Waals surface area contributed by atoms with Crippen molar-refractivity contribution in [3.05, 3.63) is 24.3 Å². The lowest BCUT2D eigenvalue weighted by Gasteiger charge is -2.11. The molecule has 0 bridgehead atoms. The number of amides is 1. The number of rotatable bonds is 7. The molecular weight excluding hydrogens is 216 g/mol. The van der Waals surface area contributed by atoms with Crippen LogP contribution in [-0.4, -0.2) is 28.5 Å². The molecule has 1 amide bonds. The van der Waals surface area contributed by atoms with Crippen LogP contribution in [0.4, 0.5) is 0 Å². The topological polar surface area (TPSA) is 66.9 Å². The molecule has 94 valence electrons. The number of nitrogens with zero attached hydrogens (tertiary/aromatic N) is 2. The van der Waals surface area contributed by atoms with E-state index in [-0.39, 0.29) is 11.9 Å². The molecule has 0 saturated heterocycles. The Balaban J connectivity index is 2.10. The Morgan fingerprint density at radius 2 is 2.35 bits per heavy atom. The molecule has 5 heteroatoms. The summed E-state index contributed by atoms with van der Waals surface area (Å²) in [5, 5.41) is 6.10. The lowest BCUT2D eigenvalue weighted by Crippen LogP contribution is -2.33. The summed E-state index contributed by atoms with van der Waals surface area (Å²) in [6.07, 6.45) is 4.68. The third kappa shape index (κ3) is 5.97. The summed E-state index contributed by atoms with van der Waals surface area (Å²) in [6.45, 7) is 5.38. The van der Waals surface area contributed by atoms with Gasteiger partial charge in [-0.1, -0.05) is 6.92 Å². The fourth-order valence-electron chi connectivity index (χ4n) is 1.29. The highest BCUT2D eigenvalue weighted by Crippen LogP contribution is 1.91. The zero-order chi connectivity index (χ0) is 12.5. The van der Waals surface area contributed by atoms with Gasteiger partial charge >= 0.3 is 0 Å². The van der Waals surface area contributed by atoms with Crippen LogP contribution in [0.1, 0.15) is 32.4 Å². The van der Waals surface area contributed by atoms with Crippen molar-refractivity contribution in [2.75, 3.05) is 6.54 Å². The average Bonchev–Trinajstić information content (AvgIpc) is 2.36. The minimum Gasteiger partial charge on any atom is -0.354 e. The van der Waals surface area contributed by atoms with Gasteiger partial charge in [0.1, 0.15) is 6.33 Å². The number of carbonyl (C=O) groups is 1. The lowest BCUT2D eigenvalue weighted by atomic mass is 10.2. The molecule has 0 aliphatic carbocycles. The van der Waals surface area contributed by atoms with Crippen LogP contribution in [0.25, 0.3) is 0 Å². The molecule has 1 rings (SSSR count). The van der Waals surface area contributed by atoms with E-state index in [1.807, 2.05) is 13.0 Å². The molecular formula is C12H20N4O. The summed E-state index contributed by atoms with van der Waals surface area (Å²) >= 11 is 0. The normalized spacial score (nSPS) is 12.1. The van der Waals surface area contributed by atoms with E-state index in [0.717, 1.165) is 12.1 Å². The molecule has 1 heterocycles.